The maximum atomic E-state index is 12.2. The first kappa shape index (κ1) is 10.2. The fourth-order valence-electron chi connectivity index (χ4n) is 1.06. The Kier molecular flexibility index (Phi) is 2.47. The normalized spacial score (nSPS) is 17.3. The number of halogens is 3. The van der Waals surface area contributed by atoms with E-state index in [0.717, 1.165) is 0 Å². The molecule has 1 aliphatic rings. The van der Waals surface area contributed by atoms with Gasteiger partial charge in [-0.1, -0.05) is 0 Å². The number of alkyl halides is 3. The predicted molar refractivity (Wildman–Crippen MR) is 44.3 cm³/mol. The Bertz CT molecular complexity index is 351. The van der Waals surface area contributed by atoms with Crippen LogP contribution >= 0.6 is 0 Å². The molecule has 1 fully saturated rings. The number of hydrogen-bond donors (Lipinski definition) is 1. The summed E-state index contributed by atoms with van der Waals surface area (Å²) in [6.07, 6.45) is -2.74. The summed E-state index contributed by atoms with van der Waals surface area (Å²) in [5, 5.41) is 2.93. The molecule has 2 heterocycles. The van der Waals surface area contributed by atoms with Crippen LogP contribution in [-0.4, -0.2) is 29.2 Å². The van der Waals surface area contributed by atoms with Crippen LogP contribution < -0.4 is 10.1 Å². The topological polar surface area (TPSA) is 47.0 Å². The highest BCUT2D eigenvalue weighted by atomic mass is 19.4. The molecule has 15 heavy (non-hydrogen) atoms. The van der Waals surface area contributed by atoms with Crippen LogP contribution in [-0.2, 0) is 6.18 Å². The van der Waals surface area contributed by atoms with Crippen LogP contribution in [0.4, 0.5) is 13.2 Å². The quantitative estimate of drug-likeness (QED) is 0.800. The molecule has 1 aromatic rings. The Hall–Kier alpha value is -1.37. The Morgan fingerprint density at radius 3 is 2.60 bits per heavy atom. The van der Waals surface area contributed by atoms with Gasteiger partial charge in [0.15, 0.2) is 5.69 Å². The largest absolute Gasteiger partial charge is 0.471 e. The van der Waals surface area contributed by atoms with Gasteiger partial charge in [-0.3, -0.25) is 4.98 Å². The standard InChI is InChI=1S/C8H8F3N3O/c9-8(10,11)6-3-13-4-7(14-6)15-5-1-12-2-5/h3-5,12H,1-2H2. The monoisotopic (exact) mass is 219 g/mol. The second-order valence-corrected chi connectivity index (χ2v) is 3.14. The van der Waals surface area contributed by atoms with E-state index in [0.29, 0.717) is 19.3 Å². The third-order valence-corrected chi connectivity index (χ3v) is 1.93. The predicted octanol–water partition coefficient (Wildman–Crippen LogP) is 0.846. The average Bonchev–Trinajstić information content (AvgIpc) is 2.11. The van der Waals surface area contributed by atoms with Gasteiger partial charge in [0.2, 0.25) is 5.88 Å². The zero-order valence-corrected chi connectivity index (χ0v) is 7.58. The van der Waals surface area contributed by atoms with Crippen molar-refractivity contribution < 1.29 is 17.9 Å². The van der Waals surface area contributed by atoms with Gasteiger partial charge in [0.05, 0.1) is 12.4 Å². The number of rotatable bonds is 2. The number of ether oxygens (including phenoxy) is 1. The molecule has 0 unspecified atom stereocenters. The van der Waals surface area contributed by atoms with Crippen LogP contribution in [0.1, 0.15) is 5.69 Å². The van der Waals surface area contributed by atoms with Crippen LogP contribution in [0.5, 0.6) is 5.88 Å². The van der Waals surface area contributed by atoms with E-state index in [1.807, 2.05) is 0 Å². The first-order valence-corrected chi connectivity index (χ1v) is 4.32. The van der Waals surface area contributed by atoms with Gasteiger partial charge in [0.25, 0.3) is 0 Å². The molecule has 4 nitrogen and oxygen atoms in total. The smallest absolute Gasteiger partial charge is 0.435 e. The molecule has 0 aliphatic carbocycles. The summed E-state index contributed by atoms with van der Waals surface area (Å²) in [6, 6.07) is 0. The van der Waals surface area contributed by atoms with Crippen molar-refractivity contribution in [2.75, 3.05) is 13.1 Å². The Morgan fingerprint density at radius 1 is 1.33 bits per heavy atom. The summed E-state index contributed by atoms with van der Waals surface area (Å²) in [6.45, 7) is 1.25. The van der Waals surface area contributed by atoms with Crippen molar-refractivity contribution in [2.45, 2.75) is 12.3 Å². The summed E-state index contributed by atoms with van der Waals surface area (Å²) in [7, 11) is 0. The van der Waals surface area contributed by atoms with Crippen molar-refractivity contribution in [3.05, 3.63) is 18.1 Å². The molecule has 0 aromatic carbocycles. The summed E-state index contributed by atoms with van der Waals surface area (Å²) in [5.74, 6) is -0.0867. The minimum absolute atomic E-state index is 0.0867. The highest BCUT2D eigenvalue weighted by Gasteiger charge is 2.33. The summed E-state index contributed by atoms with van der Waals surface area (Å²) in [5.41, 5.74) is -1.03. The van der Waals surface area contributed by atoms with Gasteiger partial charge in [-0.2, -0.15) is 13.2 Å². The Labute approximate surface area is 83.5 Å². The van der Waals surface area contributed by atoms with Crippen molar-refractivity contribution in [1.82, 2.24) is 15.3 Å². The van der Waals surface area contributed by atoms with Crippen LogP contribution in [0.25, 0.3) is 0 Å². The minimum Gasteiger partial charge on any atom is -0.471 e. The van der Waals surface area contributed by atoms with Crippen LogP contribution in [0.15, 0.2) is 12.4 Å². The molecule has 7 heteroatoms. The van der Waals surface area contributed by atoms with Gasteiger partial charge in [-0.15, -0.1) is 0 Å². The lowest BCUT2D eigenvalue weighted by Gasteiger charge is -2.27. The molecule has 2 rings (SSSR count). The summed E-state index contributed by atoms with van der Waals surface area (Å²) >= 11 is 0. The Balaban J connectivity index is 2.11. The van der Waals surface area contributed by atoms with E-state index < -0.39 is 11.9 Å². The zero-order chi connectivity index (χ0) is 10.9. The number of hydrogen-bond acceptors (Lipinski definition) is 4. The fourth-order valence-corrected chi connectivity index (χ4v) is 1.06. The average molecular weight is 219 g/mol. The van der Waals surface area contributed by atoms with E-state index >= 15 is 0 Å². The molecular formula is C8H8F3N3O. The maximum Gasteiger partial charge on any atom is 0.435 e. The molecule has 1 N–H and O–H groups in total. The van der Waals surface area contributed by atoms with Gasteiger partial charge in [0.1, 0.15) is 6.10 Å². The summed E-state index contributed by atoms with van der Waals surface area (Å²) in [4.78, 5) is 6.76. The van der Waals surface area contributed by atoms with E-state index in [1.54, 1.807) is 0 Å². The first-order valence-electron chi connectivity index (χ1n) is 4.32. The van der Waals surface area contributed by atoms with Gasteiger partial charge >= 0.3 is 6.18 Å². The van der Waals surface area contributed by atoms with Crippen LogP contribution in [0.2, 0.25) is 0 Å². The van der Waals surface area contributed by atoms with Gasteiger partial charge < -0.3 is 10.1 Å². The van der Waals surface area contributed by atoms with E-state index in [1.165, 1.54) is 6.20 Å². The van der Waals surface area contributed by atoms with Gasteiger partial charge in [-0.05, 0) is 0 Å². The molecule has 1 aromatic heterocycles. The van der Waals surface area contributed by atoms with E-state index in [2.05, 4.69) is 15.3 Å². The zero-order valence-electron chi connectivity index (χ0n) is 7.58. The number of nitrogens with one attached hydrogen (secondary N) is 1. The van der Waals surface area contributed by atoms with Crippen molar-refractivity contribution in [1.29, 1.82) is 0 Å². The third kappa shape index (κ3) is 2.35. The Morgan fingerprint density at radius 2 is 2.07 bits per heavy atom. The summed E-state index contributed by atoms with van der Waals surface area (Å²) < 4.78 is 41.8. The molecule has 0 spiro atoms. The lowest BCUT2D eigenvalue weighted by molar-refractivity contribution is -0.141. The molecule has 82 valence electrons. The molecular weight excluding hydrogens is 211 g/mol. The molecule has 0 saturated carbocycles. The molecule has 1 saturated heterocycles. The molecule has 1 aliphatic heterocycles. The number of nitrogens with zero attached hydrogens (tertiary/aromatic N) is 2. The molecule has 0 atom stereocenters. The van der Waals surface area contributed by atoms with Crippen molar-refractivity contribution >= 4 is 0 Å². The van der Waals surface area contributed by atoms with Crippen molar-refractivity contribution in [3.63, 3.8) is 0 Å². The lowest BCUT2D eigenvalue weighted by atomic mass is 10.2. The second-order valence-electron chi connectivity index (χ2n) is 3.14. The minimum atomic E-state index is -4.48. The van der Waals surface area contributed by atoms with E-state index in [-0.39, 0.29) is 12.0 Å². The second kappa shape index (κ2) is 3.65. The molecule has 0 radical (unpaired) electrons. The van der Waals surface area contributed by atoms with E-state index in [9.17, 15) is 13.2 Å². The highest BCUT2D eigenvalue weighted by molar-refractivity contribution is 5.11. The highest BCUT2D eigenvalue weighted by Crippen LogP contribution is 2.28. The lowest BCUT2D eigenvalue weighted by Crippen LogP contribution is -2.50. The van der Waals surface area contributed by atoms with Gasteiger partial charge in [-0.25, -0.2) is 4.98 Å². The fraction of sp³-hybridized carbons (Fsp3) is 0.500. The van der Waals surface area contributed by atoms with Crippen LogP contribution in [0, 0.1) is 0 Å². The third-order valence-electron chi connectivity index (χ3n) is 1.93. The van der Waals surface area contributed by atoms with Crippen LogP contribution in [0.3, 0.4) is 0 Å². The number of aromatic nitrogens is 2. The maximum absolute atomic E-state index is 12.2. The van der Waals surface area contributed by atoms with E-state index in [4.69, 9.17) is 4.74 Å². The van der Waals surface area contributed by atoms with Crippen molar-refractivity contribution in [2.24, 2.45) is 0 Å². The molecule has 0 bridgehead atoms. The van der Waals surface area contributed by atoms with Crippen molar-refractivity contribution in [3.8, 4) is 5.88 Å². The SMILES string of the molecule is FC(F)(F)c1cncc(OC2CNC2)n1. The first-order chi connectivity index (χ1) is 7.05. The molecule has 0 amide bonds. The van der Waals surface area contributed by atoms with Gasteiger partial charge in [0, 0.05) is 13.1 Å².